The number of rotatable bonds is 5. The summed E-state index contributed by atoms with van der Waals surface area (Å²) < 4.78 is 0. The van der Waals surface area contributed by atoms with Crippen LogP contribution in [0.15, 0.2) is 24.3 Å². The lowest BCUT2D eigenvalue weighted by Crippen LogP contribution is -2.30. The molecule has 1 saturated carbocycles. The van der Waals surface area contributed by atoms with Crippen molar-refractivity contribution in [3.8, 4) is 0 Å². The van der Waals surface area contributed by atoms with Crippen molar-refractivity contribution >= 4 is 5.97 Å². The van der Waals surface area contributed by atoms with Gasteiger partial charge in [0.25, 0.3) is 0 Å². The smallest absolute Gasteiger partial charge is 0.320 e. The number of hydrogen-bond acceptors (Lipinski definition) is 2. The van der Waals surface area contributed by atoms with Gasteiger partial charge in [-0.2, -0.15) is 0 Å². The number of aryl methyl sites for hydroxylation is 1. The van der Waals surface area contributed by atoms with Gasteiger partial charge in [-0.1, -0.05) is 43.5 Å². The normalized spacial score (nSPS) is 18.2. The highest BCUT2D eigenvalue weighted by atomic mass is 16.4. The van der Waals surface area contributed by atoms with Crippen LogP contribution in [-0.2, 0) is 11.2 Å². The van der Waals surface area contributed by atoms with Gasteiger partial charge in [-0.3, -0.25) is 4.79 Å². The van der Waals surface area contributed by atoms with Crippen molar-refractivity contribution in [2.45, 2.75) is 56.9 Å². The minimum Gasteiger partial charge on any atom is -0.480 e. The van der Waals surface area contributed by atoms with Gasteiger partial charge in [0.15, 0.2) is 0 Å². The molecule has 1 aromatic carbocycles. The van der Waals surface area contributed by atoms with Gasteiger partial charge in [0.05, 0.1) is 0 Å². The highest BCUT2D eigenvalue weighted by Crippen LogP contribution is 2.32. The molecule has 1 aliphatic carbocycles. The predicted octanol–water partition coefficient (Wildman–Crippen LogP) is 3.08. The molecule has 1 aliphatic rings. The summed E-state index contributed by atoms with van der Waals surface area (Å²) in [7, 11) is 0. The van der Waals surface area contributed by atoms with Crippen LogP contribution < -0.4 is 5.73 Å². The van der Waals surface area contributed by atoms with Crippen LogP contribution in [0.2, 0.25) is 0 Å². The first kappa shape index (κ1) is 14.1. The quantitative estimate of drug-likeness (QED) is 0.856. The maximum Gasteiger partial charge on any atom is 0.320 e. The van der Waals surface area contributed by atoms with Crippen molar-refractivity contribution in [3.63, 3.8) is 0 Å². The third kappa shape index (κ3) is 4.06. The molecular formula is C16H23NO2. The fourth-order valence-corrected chi connectivity index (χ4v) is 2.84. The molecule has 1 aromatic rings. The zero-order chi connectivity index (χ0) is 13.7. The maximum atomic E-state index is 10.7. The van der Waals surface area contributed by atoms with Crippen LogP contribution in [0.25, 0.3) is 0 Å². The summed E-state index contributed by atoms with van der Waals surface area (Å²) in [5.74, 6) is -0.192. The summed E-state index contributed by atoms with van der Waals surface area (Å²) in [5, 5.41) is 8.75. The lowest BCUT2D eigenvalue weighted by molar-refractivity contribution is -0.138. The van der Waals surface area contributed by atoms with E-state index in [1.54, 1.807) is 0 Å². The number of nitrogens with two attached hydrogens (primary N) is 1. The summed E-state index contributed by atoms with van der Waals surface area (Å²) in [5.41, 5.74) is 8.12. The molecule has 0 aliphatic heterocycles. The number of hydrogen-bond donors (Lipinski definition) is 2. The van der Waals surface area contributed by atoms with Gasteiger partial charge in [0.1, 0.15) is 6.04 Å². The Bertz CT molecular complexity index is 407. The second-order valence-electron chi connectivity index (χ2n) is 5.56. The third-order valence-corrected chi connectivity index (χ3v) is 4.12. The van der Waals surface area contributed by atoms with Crippen LogP contribution in [-0.4, -0.2) is 17.1 Å². The number of benzene rings is 1. The highest BCUT2D eigenvalue weighted by Gasteiger charge is 2.15. The molecule has 0 amide bonds. The molecule has 1 unspecified atom stereocenters. The molecule has 1 fully saturated rings. The average Bonchev–Trinajstić information content (AvgIpc) is 2.46. The minimum absolute atomic E-state index is 0.498. The van der Waals surface area contributed by atoms with Crippen LogP contribution in [0.4, 0.5) is 0 Å². The Kier molecular flexibility index (Phi) is 4.97. The van der Waals surface area contributed by atoms with Crippen molar-refractivity contribution in [1.29, 1.82) is 0 Å². The van der Waals surface area contributed by atoms with Crippen LogP contribution in [0.3, 0.4) is 0 Å². The van der Waals surface area contributed by atoms with Gasteiger partial charge in [0, 0.05) is 0 Å². The summed E-state index contributed by atoms with van der Waals surface area (Å²) in [4.78, 5) is 10.7. The highest BCUT2D eigenvalue weighted by molar-refractivity contribution is 5.73. The number of carboxylic acid groups (broad SMARTS) is 1. The molecular weight excluding hydrogens is 238 g/mol. The molecule has 104 valence electrons. The molecule has 0 bridgehead atoms. The van der Waals surface area contributed by atoms with Crippen molar-refractivity contribution in [1.82, 2.24) is 0 Å². The SMILES string of the molecule is NC(CCc1ccc(C2CCCCC2)cc1)C(=O)O. The van der Waals surface area contributed by atoms with E-state index in [4.69, 9.17) is 10.8 Å². The van der Waals surface area contributed by atoms with E-state index >= 15 is 0 Å². The standard InChI is InChI=1S/C16H23NO2/c17-15(16(18)19)11-8-12-6-9-14(10-7-12)13-4-2-1-3-5-13/h6-7,9-10,13,15H,1-5,8,11,17H2,(H,18,19). The van der Waals surface area contributed by atoms with E-state index in [0.717, 1.165) is 12.3 Å². The monoisotopic (exact) mass is 261 g/mol. The largest absolute Gasteiger partial charge is 0.480 e. The molecule has 2 rings (SSSR count). The Morgan fingerprint density at radius 2 is 1.84 bits per heavy atom. The molecule has 3 nitrogen and oxygen atoms in total. The zero-order valence-electron chi connectivity index (χ0n) is 11.3. The van der Waals surface area contributed by atoms with E-state index in [0.29, 0.717) is 6.42 Å². The molecule has 0 radical (unpaired) electrons. The zero-order valence-corrected chi connectivity index (χ0v) is 11.3. The predicted molar refractivity (Wildman–Crippen MR) is 76.2 cm³/mol. The van der Waals surface area contributed by atoms with E-state index in [1.807, 2.05) is 0 Å². The lowest BCUT2D eigenvalue weighted by atomic mass is 9.84. The van der Waals surface area contributed by atoms with Crippen LogP contribution >= 0.6 is 0 Å². The van der Waals surface area contributed by atoms with Gasteiger partial charge in [-0.15, -0.1) is 0 Å². The molecule has 0 aromatic heterocycles. The fourth-order valence-electron chi connectivity index (χ4n) is 2.84. The van der Waals surface area contributed by atoms with Crippen molar-refractivity contribution in [3.05, 3.63) is 35.4 Å². The van der Waals surface area contributed by atoms with E-state index in [2.05, 4.69) is 24.3 Å². The van der Waals surface area contributed by atoms with E-state index in [-0.39, 0.29) is 0 Å². The first-order valence-corrected chi connectivity index (χ1v) is 7.24. The Morgan fingerprint density at radius 3 is 2.42 bits per heavy atom. The van der Waals surface area contributed by atoms with Crippen molar-refractivity contribution in [2.75, 3.05) is 0 Å². The average molecular weight is 261 g/mol. The molecule has 0 spiro atoms. The Hall–Kier alpha value is -1.35. The van der Waals surface area contributed by atoms with Gasteiger partial charge < -0.3 is 10.8 Å². The summed E-state index contributed by atoms with van der Waals surface area (Å²) in [6, 6.07) is 7.91. The summed E-state index contributed by atoms with van der Waals surface area (Å²) >= 11 is 0. The van der Waals surface area contributed by atoms with Gasteiger partial charge in [-0.05, 0) is 42.7 Å². The Morgan fingerprint density at radius 1 is 1.21 bits per heavy atom. The van der Waals surface area contributed by atoms with Crippen LogP contribution in [0.5, 0.6) is 0 Å². The van der Waals surface area contributed by atoms with Gasteiger partial charge in [0.2, 0.25) is 0 Å². The third-order valence-electron chi connectivity index (χ3n) is 4.12. The lowest BCUT2D eigenvalue weighted by Gasteiger charge is -2.22. The van der Waals surface area contributed by atoms with Crippen LogP contribution in [0, 0.1) is 0 Å². The second kappa shape index (κ2) is 6.71. The number of aliphatic carboxylic acids is 1. The molecule has 0 heterocycles. The first-order chi connectivity index (χ1) is 9.16. The van der Waals surface area contributed by atoms with Crippen molar-refractivity contribution < 1.29 is 9.90 Å². The van der Waals surface area contributed by atoms with E-state index in [9.17, 15) is 4.79 Å². The van der Waals surface area contributed by atoms with Gasteiger partial charge in [-0.25, -0.2) is 0 Å². The first-order valence-electron chi connectivity index (χ1n) is 7.24. The number of carbonyl (C=O) groups is 1. The minimum atomic E-state index is -0.918. The summed E-state index contributed by atoms with van der Waals surface area (Å²) in [6.07, 6.45) is 7.92. The molecule has 0 saturated heterocycles. The fraction of sp³-hybridized carbons (Fsp3) is 0.562. The van der Waals surface area contributed by atoms with E-state index < -0.39 is 12.0 Å². The topological polar surface area (TPSA) is 63.3 Å². The van der Waals surface area contributed by atoms with Gasteiger partial charge >= 0.3 is 5.97 Å². The Balaban J connectivity index is 1.89. The number of carboxylic acids is 1. The molecule has 3 heteroatoms. The second-order valence-corrected chi connectivity index (χ2v) is 5.56. The molecule has 3 N–H and O–H groups in total. The Labute approximate surface area is 114 Å². The van der Waals surface area contributed by atoms with Crippen molar-refractivity contribution in [2.24, 2.45) is 5.73 Å². The van der Waals surface area contributed by atoms with Crippen LogP contribution in [0.1, 0.15) is 55.6 Å². The summed E-state index contributed by atoms with van der Waals surface area (Å²) in [6.45, 7) is 0. The maximum absolute atomic E-state index is 10.7. The molecule has 1 atom stereocenters. The molecule has 19 heavy (non-hydrogen) atoms. The van der Waals surface area contributed by atoms with E-state index in [1.165, 1.54) is 43.2 Å².